The molecule has 4 nitrogen and oxygen atoms in total. The van der Waals surface area contributed by atoms with Crippen LogP contribution in [0.2, 0.25) is 10.0 Å². The smallest absolute Gasteiger partial charge is 0.264 e. The van der Waals surface area contributed by atoms with E-state index in [2.05, 4.69) is 5.32 Å². The second kappa shape index (κ2) is 7.09. The number of benzene rings is 1. The maximum Gasteiger partial charge on any atom is 0.264 e. The molecule has 0 aliphatic rings. The van der Waals surface area contributed by atoms with Gasteiger partial charge in [-0.1, -0.05) is 29.3 Å². The van der Waals surface area contributed by atoms with Crippen molar-refractivity contribution in [1.29, 1.82) is 0 Å². The van der Waals surface area contributed by atoms with Crippen LogP contribution < -0.4 is 5.32 Å². The van der Waals surface area contributed by atoms with E-state index in [0.717, 1.165) is 5.56 Å². The molecule has 0 fully saturated rings. The topological polar surface area (TPSA) is 66.4 Å². The zero-order valence-corrected chi connectivity index (χ0v) is 13.8. The van der Waals surface area contributed by atoms with Gasteiger partial charge in [-0.3, -0.25) is 4.55 Å². The van der Waals surface area contributed by atoms with Crippen molar-refractivity contribution in [1.82, 2.24) is 5.32 Å². The summed E-state index contributed by atoms with van der Waals surface area (Å²) in [6.45, 7) is 4.51. The van der Waals surface area contributed by atoms with Crippen molar-refractivity contribution in [2.24, 2.45) is 0 Å². The van der Waals surface area contributed by atoms with Gasteiger partial charge >= 0.3 is 0 Å². The van der Waals surface area contributed by atoms with Gasteiger partial charge < -0.3 is 5.32 Å². The Labute approximate surface area is 130 Å². The Bertz CT molecular complexity index is 559. The molecule has 0 saturated heterocycles. The Morgan fingerprint density at radius 2 is 1.95 bits per heavy atom. The number of rotatable bonds is 7. The molecule has 2 N–H and O–H groups in total. The van der Waals surface area contributed by atoms with E-state index in [-0.39, 0.29) is 11.3 Å². The largest absolute Gasteiger partial charge is 0.311 e. The average molecular weight is 340 g/mol. The SMILES string of the molecule is CC(C)(Cc1ccc(Cl)cc1Cl)NCCCS(=O)(=O)O. The Balaban J connectivity index is 2.52. The van der Waals surface area contributed by atoms with Crippen LogP contribution in [0.15, 0.2) is 18.2 Å². The minimum absolute atomic E-state index is 0.238. The summed E-state index contributed by atoms with van der Waals surface area (Å²) in [6, 6.07) is 5.37. The molecule has 0 aliphatic carbocycles. The molecule has 1 aromatic carbocycles. The predicted molar refractivity (Wildman–Crippen MR) is 83.3 cm³/mol. The molecule has 0 atom stereocenters. The molecule has 0 spiro atoms. The van der Waals surface area contributed by atoms with Gasteiger partial charge in [-0.2, -0.15) is 8.42 Å². The molecule has 114 valence electrons. The highest BCUT2D eigenvalue weighted by Crippen LogP contribution is 2.24. The van der Waals surface area contributed by atoms with Gasteiger partial charge in [-0.05, 0) is 50.9 Å². The quantitative estimate of drug-likeness (QED) is 0.591. The molecule has 0 radical (unpaired) electrons. The number of hydrogen-bond donors (Lipinski definition) is 2. The van der Waals surface area contributed by atoms with E-state index in [4.69, 9.17) is 27.8 Å². The molecule has 20 heavy (non-hydrogen) atoms. The highest BCUT2D eigenvalue weighted by atomic mass is 35.5. The van der Waals surface area contributed by atoms with E-state index < -0.39 is 10.1 Å². The van der Waals surface area contributed by atoms with E-state index in [1.54, 1.807) is 12.1 Å². The summed E-state index contributed by atoms with van der Waals surface area (Å²) in [5.74, 6) is -0.238. The van der Waals surface area contributed by atoms with Gasteiger partial charge in [0, 0.05) is 15.6 Å². The van der Waals surface area contributed by atoms with E-state index in [9.17, 15) is 8.42 Å². The third-order valence-electron chi connectivity index (χ3n) is 2.83. The van der Waals surface area contributed by atoms with Crippen molar-refractivity contribution in [3.8, 4) is 0 Å². The Kier molecular flexibility index (Phi) is 6.28. The van der Waals surface area contributed by atoms with Crippen molar-refractivity contribution < 1.29 is 13.0 Å². The molecule has 0 amide bonds. The summed E-state index contributed by atoms with van der Waals surface area (Å²) in [4.78, 5) is 0. The molecule has 0 unspecified atom stereocenters. The summed E-state index contributed by atoms with van der Waals surface area (Å²) in [5.41, 5.74) is 0.736. The van der Waals surface area contributed by atoms with Crippen molar-refractivity contribution in [2.75, 3.05) is 12.3 Å². The van der Waals surface area contributed by atoms with Crippen LogP contribution in [0.4, 0.5) is 0 Å². The summed E-state index contributed by atoms with van der Waals surface area (Å²) >= 11 is 12.0. The van der Waals surface area contributed by atoms with Gasteiger partial charge in [-0.15, -0.1) is 0 Å². The van der Waals surface area contributed by atoms with Gasteiger partial charge in [0.25, 0.3) is 10.1 Å². The van der Waals surface area contributed by atoms with Crippen LogP contribution in [0, 0.1) is 0 Å². The van der Waals surface area contributed by atoms with Crippen LogP contribution in [0.25, 0.3) is 0 Å². The lowest BCUT2D eigenvalue weighted by molar-refractivity contribution is 0.385. The van der Waals surface area contributed by atoms with Gasteiger partial charge in [-0.25, -0.2) is 0 Å². The molecule has 7 heteroatoms. The van der Waals surface area contributed by atoms with Crippen molar-refractivity contribution in [2.45, 2.75) is 32.2 Å². The molecule has 1 rings (SSSR count). The van der Waals surface area contributed by atoms with Crippen LogP contribution in [0.1, 0.15) is 25.8 Å². The molecule has 0 aliphatic heterocycles. The maximum absolute atomic E-state index is 10.6. The minimum Gasteiger partial charge on any atom is -0.311 e. The van der Waals surface area contributed by atoms with Crippen molar-refractivity contribution in [3.63, 3.8) is 0 Å². The molecular formula is C13H19Cl2NO3S. The van der Waals surface area contributed by atoms with Crippen LogP contribution >= 0.6 is 23.2 Å². The third kappa shape index (κ3) is 6.90. The van der Waals surface area contributed by atoms with Crippen LogP contribution in [-0.2, 0) is 16.5 Å². The number of hydrogen-bond acceptors (Lipinski definition) is 3. The molecule has 1 aromatic rings. The lowest BCUT2D eigenvalue weighted by Crippen LogP contribution is -2.42. The lowest BCUT2D eigenvalue weighted by atomic mass is 9.95. The van der Waals surface area contributed by atoms with Crippen LogP contribution in [-0.4, -0.2) is 30.8 Å². The normalized spacial score (nSPS) is 12.7. The summed E-state index contributed by atoms with van der Waals surface area (Å²) in [6.07, 6.45) is 1.05. The second-order valence-corrected chi connectivity index (χ2v) is 7.78. The molecule has 0 saturated carbocycles. The number of halogens is 2. The Morgan fingerprint density at radius 1 is 1.30 bits per heavy atom. The highest BCUT2D eigenvalue weighted by Gasteiger charge is 2.19. The lowest BCUT2D eigenvalue weighted by Gasteiger charge is -2.27. The third-order valence-corrected chi connectivity index (χ3v) is 4.22. The van der Waals surface area contributed by atoms with Crippen LogP contribution in [0.3, 0.4) is 0 Å². The molecule has 0 aromatic heterocycles. The van der Waals surface area contributed by atoms with E-state index in [1.807, 2.05) is 19.9 Å². The average Bonchev–Trinajstić information content (AvgIpc) is 2.27. The summed E-state index contributed by atoms with van der Waals surface area (Å²) in [7, 11) is -3.89. The first-order valence-corrected chi connectivity index (χ1v) is 8.60. The monoisotopic (exact) mass is 339 g/mol. The van der Waals surface area contributed by atoms with E-state index in [0.29, 0.717) is 29.4 Å². The molecule has 0 bridgehead atoms. The van der Waals surface area contributed by atoms with Crippen LogP contribution in [0.5, 0.6) is 0 Å². The Morgan fingerprint density at radius 3 is 2.50 bits per heavy atom. The fourth-order valence-electron chi connectivity index (χ4n) is 1.89. The fourth-order valence-corrected chi connectivity index (χ4v) is 2.87. The predicted octanol–water partition coefficient (Wildman–Crippen LogP) is 3.18. The zero-order chi connectivity index (χ0) is 15.4. The highest BCUT2D eigenvalue weighted by molar-refractivity contribution is 7.85. The first-order chi connectivity index (χ1) is 9.09. The standard InChI is InChI=1S/C13H19Cl2NO3S/c1-13(2,16-6-3-7-20(17,18)19)9-10-4-5-11(14)8-12(10)15/h4-5,8,16H,3,6-7,9H2,1-2H3,(H,17,18,19). The van der Waals surface area contributed by atoms with Gasteiger partial charge in [0.2, 0.25) is 0 Å². The fraction of sp³-hybridized carbons (Fsp3) is 0.538. The maximum atomic E-state index is 10.6. The van der Waals surface area contributed by atoms with Gasteiger partial charge in [0.05, 0.1) is 5.75 Å². The molecular weight excluding hydrogens is 321 g/mol. The van der Waals surface area contributed by atoms with Crippen molar-refractivity contribution in [3.05, 3.63) is 33.8 Å². The van der Waals surface area contributed by atoms with Gasteiger partial charge in [0.1, 0.15) is 0 Å². The molecule has 0 heterocycles. The summed E-state index contributed by atoms with van der Waals surface area (Å²) < 4.78 is 29.9. The van der Waals surface area contributed by atoms with E-state index in [1.165, 1.54) is 0 Å². The zero-order valence-electron chi connectivity index (χ0n) is 11.5. The first kappa shape index (κ1) is 17.7. The summed E-state index contributed by atoms with van der Waals surface area (Å²) in [5, 5.41) is 4.47. The Hall–Kier alpha value is -0.330. The number of nitrogens with one attached hydrogen (secondary N) is 1. The second-order valence-electron chi connectivity index (χ2n) is 5.36. The van der Waals surface area contributed by atoms with E-state index >= 15 is 0 Å². The minimum atomic E-state index is -3.89. The van der Waals surface area contributed by atoms with Crippen molar-refractivity contribution >= 4 is 33.3 Å². The first-order valence-electron chi connectivity index (χ1n) is 6.23. The van der Waals surface area contributed by atoms with Gasteiger partial charge in [0.15, 0.2) is 0 Å².